The monoisotopic (exact) mass is 590 g/mol. The number of carbonyl (C=O) groups is 2. The Balaban J connectivity index is 1.59. The van der Waals surface area contributed by atoms with Gasteiger partial charge in [-0.1, -0.05) is 12.1 Å². The van der Waals surface area contributed by atoms with Crippen molar-refractivity contribution in [3.8, 4) is 22.6 Å². The molecule has 0 aliphatic rings. The molecule has 0 aromatic heterocycles. The molecule has 2 amide bonds. The molecule has 0 fully saturated rings. The molecule has 0 atom stereocenters. The van der Waals surface area contributed by atoms with Crippen LogP contribution >= 0.6 is 0 Å². The Labute approximate surface area is 248 Å². The predicted molar refractivity (Wildman–Crippen MR) is 159 cm³/mol. The van der Waals surface area contributed by atoms with Gasteiger partial charge in [-0.15, -0.1) is 0 Å². The Hall–Kier alpha value is -3.22. The van der Waals surface area contributed by atoms with E-state index in [9.17, 15) is 9.59 Å². The summed E-state index contributed by atoms with van der Waals surface area (Å²) in [6, 6.07) is 12.1. The van der Waals surface area contributed by atoms with Crippen molar-refractivity contribution in [3.05, 3.63) is 47.5 Å². The van der Waals surface area contributed by atoms with Crippen LogP contribution in [0.2, 0.25) is 0 Å². The van der Waals surface area contributed by atoms with Gasteiger partial charge in [0, 0.05) is 13.5 Å². The van der Waals surface area contributed by atoms with E-state index >= 15 is 0 Å². The summed E-state index contributed by atoms with van der Waals surface area (Å²) in [5.41, 5.74) is 9.41. The maximum absolute atomic E-state index is 11.4. The van der Waals surface area contributed by atoms with Gasteiger partial charge in [-0.25, -0.2) is 0 Å². The summed E-state index contributed by atoms with van der Waals surface area (Å²) in [6.45, 7) is 8.85. The summed E-state index contributed by atoms with van der Waals surface area (Å²) < 4.78 is 38.7. The zero-order valence-electron chi connectivity index (χ0n) is 25.1. The first-order chi connectivity index (χ1) is 20.4. The van der Waals surface area contributed by atoms with Crippen molar-refractivity contribution in [2.75, 3.05) is 86.3 Å². The number of nitrogens with one attached hydrogen (secondary N) is 1. The number of aryl methyl sites for hydroxylation is 2. The number of hydrogen-bond donors (Lipinski definition) is 2. The second kappa shape index (κ2) is 21.5. The van der Waals surface area contributed by atoms with E-state index in [-0.39, 0.29) is 12.5 Å². The van der Waals surface area contributed by atoms with Crippen molar-refractivity contribution >= 4 is 11.8 Å². The lowest BCUT2D eigenvalue weighted by Gasteiger charge is -2.15. The van der Waals surface area contributed by atoms with Gasteiger partial charge in [0.1, 0.15) is 24.7 Å². The molecule has 234 valence electrons. The standard InChI is InChI=1S/C31H46N2O9/c1-24-6-8-26(41-10-4-5-31(35)33-3)21-28(24)29-22-27(9-7-25(29)2)42-20-19-39-16-15-37-12-11-36-13-14-38-17-18-40-23-30(32)34/h6-9,21-22H,4-5,10-20,23H2,1-3H3,(H2,32,34)(H,33,35). The van der Waals surface area contributed by atoms with E-state index in [2.05, 4.69) is 19.2 Å². The lowest BCUT2D eigenvalue weighted by atomic mass is 9.96. The number of benzene rings is 2. The minimum atomic E-state index is -0.498. The summed E-state index contributed by atoms with van der Waals surface area (Å²) >= 11 is 0. The third-order valence-corrected chi connectivity index (χ3v) is 6.03. The third-order valence-electron chi connectivity index (χ3n) is 6.03. The lowest BCUT2D eigenvalue weighted by Crippen LogP contribution is -2.20. The fraction of sp³-hybridized carbons (Fsp3) is 0.548. The minimum absolute atomic E-state index is 0.0123. The molecule has 3 N–H and O–H groups in total. The normalized spacial score (nSPS) is 10.9. The molecule has 11 nitrogen and oxygen atoms in total. The molecule has 0 saturated carbocycles. The summed E-state index contributed by atoms with van der Waals surface area (Å²) in [4.78, 5) is 21.9. The Bertz CT molecular complexity index is 1060. The smallest absolute Gasteiger partial charge is 0.243 e. The van der Waals surface area contributed by atoms with E-state index in [0.29, 0.717) is 85.5 Å². The molecule has 0 aliphatic heterocycles. The van der Waals surface area contributed by atoms with E-state index < -0.39 is 5.91 Å². The molecular weight excluding hydrogens is 544 g/mol. The molecule has 0 unspecified atom stereocenters. The average molecular weight is 591 g/mol. The summed E-state index contributed by atoms with van der Waals surface area (Å²) in [5.74, 6) is 1.06. The molecule has 0 saturated heterocycles. The van der Waals surface area contributed by atoms with Gasteiger partial charge in [0.15, 0.2) is 0 Å². The van der Waals surface area contributed by atoms with Gasteiger partial charge in [-0.2, -0.15) is 0 Å². The Morgan fingerprint density at radius 3 is 1.52 bits per heavy atom. The van der Waals surface area contributed by atoms with E-state index in [1.54, 1.807) is 7.05 Å². The highest BCUT2D eigenvalue weighted by Gasteiger charge is 2.10. The molecule has 2 aromatic carbocycles. The molecule has 0 heterocycles. The zero-order valence-corrected chi connectivity index (χ0v) is 25.1. The van der Waals surface area contributed by atoms with Crippen molar-refractivity contribution in [1.29, 1.82) is 0 Å². The average Bonchev–Trinajstić information content (AvgIpc) is 2.98. The number of nitrogens with two attached hydrogens (primary N) is 1. The van der Waals surface area contributed by atoms with Crippen molar-refractivity contribution in [3.63, 3.8) is 0 Å². The van der Waals surface area contributed by atoms with Crippen LogP contribution in [0.4, 0.5) is 0 Å². The van der Waals surface area contributed by atoms with Gasteiger partial charge in [0.2, 0.25) is 11.8 Å². The van der Waals surface area contributed by atoms with Gasteiger partial charge in [0.05, 0.1) is 66.1 Å². The molecule has 0 radical (unpaired) electrons. The zero-order chi connectivity index (χ0) is 30.4. The van der Waals surface area contributed by atoms with Crippen molar-refractivity contribution in [1.82, 2.24) is 5.32 Å². The van der Waals surface area contributed by atoms with Crippen LogP contribution in [0.5, 0.6) is 11.5 Å². The Kier molecular flexibility index (Phi) is 17.9. The highest BCUT2D eigenvalue weighted by molar-refractivity contribution is 5.75. The first-order valence-electron chi connectivity index (χ1n) is 14.3. The minimum Gasteiger partial charge on any atom is -0.494 e. The molecule has 2 aromatic rings. The summed E-state index contributed by atoms with van der Waals surface area (Å²) in [7, 11) is 1.64. The van der Waals surface area contributed by atoms with Gasteiger partial charge in [0.25, 0.3) is 0 Å². The fourth-order valence-corrected chi connectivity index (χ4v) is 3.78. The van der Waals surface area contributed by atoms with Crippen molar-refractivity contribution in [2.45, 2.75) is 26.7 Å². The van der Waals surface area contributed by atoms with Crippen LogP contribution in [-0.4, -0.2) is 98.1 Å². The second-order valence-electron chi connectivity index (χ2n) is 9.40. The predicted octanol–water partition coefficient (Wildman–Crippen LogP) is 2.82. The summed E-state index contributed by atoms with van der Waals surface area (Å²) in [6.07, 6.45) is 1.10. The highest BCUT2D eigenvalue weighted by atomic mass is 16.6. The van der Waals surface area contributed by atoms with Gasteiger partial charge < -0.3 is 44.2 Å². The number of primary amides is 1. The summed E-state index contributed by atoms with van der Waals surface area (Å²) in [5, 5.41) is 2.62. The molecule has 42 heavy (non-hydrogen) atoms. The Morgan fingerprint density at radius 1 is 0.643 bits per heavy atom. The van der Waals surface area contributed by atoms with Crippen molar-refractivity contribution < 1.29 is 42.7 Å². The van der Waals surface area contributed by atoms with Crippen LogP contribution in [0, 0.1) is 13.8 Å². The largest absolute Gasteiger partial charge is 0.494 e. The van der Waals surface area contributed by atoms with Crippen LogP contribution in [0.1, 0.15) is 24.0 Å². The second-order valence-corrected chi connectivity index (χ2v) is 9.40. The first-order valence-corrected chi connectivity index (χ1v) is 14.3. The molecule has 11 heteroatoms. The molecule has 0 spiro atoms. The highest BCUT2D eigenvalue weighted by Crippen LogP contribution is 2.32. The molecule has 0 bridgehead atoms. The number of hydrogen-bond acceptors (Lipinski definition) is 9. The number of carbonyl (C=O) groups excluding carboxylic acids is 2. The molecule has 2 rings (SSSR count). The number of ether oxygens (including phenoxy) is 7. The fourth-order valence-electron chi connectivity index (χ4n) is 3.78. The van der Waals surface area contributed by atoms with Crippen LogP contribution in [0.15, 0.2) is 36.4 Å². The maximum Gasteiger partial charge on any atom is 0.243 e. The topological polar surface area (TPSA) is 137 Å². The van der Waals surface area contributed by atoms with Crippen LogP contribution < -0.4 is 20.5 Å². The van der Waals surface area contributed by atoms with Gasteiger partial charge in [-0.3, -0.25) is 9.59 Å². The molecule has 0 aliphatic carbocycles. The van der Waals surface area contributed by atoms with Crippen LogP contribution in [0.3, 0.4) is 0 Å². The number of rotatable bonds is 24. The Morgan fingerprint density at radius 2 is 1.07 bits per heavy atom. The number of amides is 2. The van der Waals surface area contributed by atoms with E-state index in [1.807, 2.05) is 36.4 Å². The van der Waals surface area contributed by atoms with E-state index in [1.165, 1.54) is 0 Å². The SMILES string of the molecule is CNC(=O)CCCOc1ccc(C)c(-c2cc(OCCOCCOCCOCCOCCOCC(N)=O)ccc2C)c1. The van der Waals surface area contributed by atoms with Crippen molar-refractivity contribution in [2.24, 2.45) is 5.73 Å². The third kappa shape index (κ3) is 15.1. The van der Waals surface area contributed by atoms with E-state index in [0.717, 1.165) is 33.8 Å². The van der Waals surface area contributed by atoms with Crippen LogP contribution in [0.25, 0.3) is 11.1 Å². The van der Waals surface area contributed by atoms with E-state index in [4.69, 9.17) is 38.9 Å². The first kappa shape index (κ1) is 35.0. The van der Waals surface area contributed by atoms with Crippen LogP contribution in [-0.2, 0) is 33.3 Å². The van der Waals surface area contributed by atoms with Gasteiger partial charge in [-0.05, 0) is 66.8 Å². The van der Waals surface area contributed by atoms with Gasteiger partial charge >= 0.3 is 0 Å². The lowest BCUT2D eigenvalue weighted by molar-refractivity contribution is -0.123. The maximum atomic E-state index is 11.4. The quantitative estimate of drug-likeness (QED) is 0.177. The molecular formula is C31H46N2O9.